The highest BCUT2D eigenvalue weighted by molar-refractivity contribution is 5.70. The van der Waals surface area contributed by atoms with Crippen LogP contribution in [0.2, 0.25) is 0 Å². The Labute approximate surface area is 241 Å². The highest BCUT2D eigenvalue weighted by Gasteiger charge is 2.71. The molecule has 1 spiro atoms. The molecule has 5 fully saturated rings. The molecule has 0 N–H and O–H groups in total. The quantitative estimate of drug-likeness (QED) is 0.306. The number of fused-ring (bicyclic) bond motifs is 2. The Kier molecular flexibility index (Phi) is 7.94. The van der Waals surface area contributed by atoms with Gasteiger partial charge in [-0.05, 0) is 49.7 Å². The van der Waals surface area contributed by atoms with Crippen LogP contribution in [0.1, 0.15) is 64.0 Å². The largest absolute Gasteiger partial charge is 0.462 e. The van der Waals surface area contributed by atoms with Crippen LogP contribution in [0.25, 0.3) is 0 Å². The van der Waals surface area contributed by atoms with Crippen LogP contribution in [0.15, 0.2) is 60.7 Å². The molecule has 0 amide bonds. The fourth-order valence-corrected chi connectivity index (χ4v) is 7.30. The molecule has 4 heterocycles. The van der Waals surface area contributed by atoms with Crippen molar-refractivity contribution in [3.05, 3.63) is 71.8 Å². The molecule has 4 saturated heterocycles. The summed E-state index contributed by atoms with van der Waals surface area (Å²) in [6, 6.07) is 19.8. The van der Waals surface area contributed by atoms with E-state index in [0.29, 0.717) is 32.1 Å². The second-order valence-corrected chi connectivity index (χ2v) is 12.3. The van der Waals surface area contributed by atoms with E-state index in [1.807, 2.05) is 74.5 Å². The van der Waals surface area contributed by atoms with Crippen molar-refractivity contribution in [1.29, 1.82) is 0 Å². The Morgan fingerprint density at radius 1 is 0.829 bits per heavy atom. The minimum absolute atomic E-state index is 0.00264. The molecular weight excluding hydrogens is 524 g/mol. The topological polar surface area (TPSA) is 89.5 Å². The first-order valence-corrected chi connectivity index (χ1v) is 14.9. The smallest absolute Gasteiger partial charge is 0.308 e. The Hall–Kier alpha value is -2.78. The maximum Gasteiger partial charge on any atom is 0.308 e. The summed E-state index contributed by atoms with van der Waals surface area (Å²) in [5, 5.41) is 0. The second kappa shape index (κ2) is 11.5. The van der Waals surface area contributed by atoms with Crippen LogP contribution in [-0.4, -0.2) is 42.0 Å². The van der Waals surface area contributed by atoms with Crippen LogP contribution >= 0.6 is 0 Å². The summed E-state index contributed by atoms with van der Waals surface area (Å²) < 4.78 is 24.9. The summed E-state index contributed by atoms with van der Waals surface area (Å²) >= 11 is 0. The van der Waals surface area contributed by atoms with Crippen LogP contribution in [0.3, 0.4) is 0 Å². The van der Waals surface area contributed by atoms with E-state index in [4.69, 9.17) is 28.7 Å². The van der Waals surface area contributed by atoms with Gasteiger partial charge < -0.3 is 18.9 Å². The molecule has 41 heavy (non-hydrogen) atoms. The first-order valence-electron chi connectivity index (χ1n) is 14.9. The van der Waals surface area contributed by atoms with Crippen LogP contribution in [0.5, 0.6) is 0 Å². The molecule has 0 aromatic heterocycles. The molecule has 7 rings (SSSR count). The van der Waals surface area contributed by atoms with E-state index in [9.17, 15) is 9.59 Å². The van der Waals surface area contributed by atoms with Gasteiger partial charge in [0.2, 0.25) is 12.1 Å². The Morgan fingerprint density at radius 2 is 1.44 bits per heavy atom. The van der Waals surface area contributed by atoms with Gasteiger partial charge in [0.25, 0.3) is 0 Å². The highest BCUT2D eigenvalue weighted by Crippen LogP contribution is 2.61. The van der Waals surface area contributed by atoms with Crippen molar-refractivity contribution in [2.45, 2.75) is 95.8 Å². The number of benzene rings is 2. The molecule has 5 aliphatic rings. The number of carbonyl (C=O) groups excluding carboxylic acids is 2. The lowest BCUT2D eigenvalue weighted by Crippen LogP contribution is -2.72. The predicted octanol–water partition coefficient (Wildman–Crippen LogP) is 5.52. The van der Waals surface area contributed by atoms with Gasteiger partial charge >= 0.3 is 11.9 Å². The maximum absolute atomic E-state index is 13.0. The summed E-state index contributed by atoms with van der Waals surface area (Å²) in [7, 11) is 0. The lowest BCUT2D eigenvalue weighted by atomic mass is 9.57. The number of esters is 2. The van der Waals surface area contributed by atoms with Crippen molar-refractivity contribution in [1.82, 2.24) is 0 Å². The lowest BCUT2D eigenvalue weighted by Gasteiger charge is -2.60. The normalized spacial score (nSPS) is 37.5. The molecule has 4 aliphatic heterocycles. The molecule has 8 nitrogen and oxygen atoms in total. The van der Waals surface area contributed by atoms with E-state index < -0.39 is 24.0 Å². The molecule has 8 heteroatoms. The van der Waals surface area contributed by atoms with Crippen molar-refractivity contribution in [3.63, 3.8) is 0 Å². The third kappa shape index (κ3) is 5.55. The summed E-state index contributed by atoms with van der Waals surface area (Å²) in [5.74, 6) is -1.94. The van der Waals surface area contributed by atoms with E-state index in [-0.39, 0.29) is 48.1 Å². The molecule has 2 aromatic carbocycles. The van der Waals surface area contributed by atoms with Crippen molar-refractivity contribution < 1.29 is 38.3 Å². The molecule has 0 unspecified atom stereocenters. The average molecular weight is 565 g/mol. The molecule has 2 bridgehead atoms. The van der Waals surface area contributed by atoms with Crippen LogP contribution in [0, 0.1) is 23.7 Å². The first kappa shape index (κ1) is 28.3. The standard InChI is InChI=1S/C33H40O8/c1-21-25-18-19-32(3)39-31-33(25,41-40-32)26(20-27(21)36-28(34)16-14-23-10-6-4-7-11-23)22(2)30(38-31)37-29(35)17-15-24-12-8-5-9-13-24/h4-13,21-22,25-27,30-31H,14-20H2,1-3H3/t21-,22+,25-,26-,27+,30+,31+,32+,33+/m0/s1. The Morgan fingerprint density at radius 3 is 2.07 bits per heavy atom. The van der Waals surface area contributed by atoms with Crippen LogP contribution in [0.4, 0.5) is 0 Å². The van der Waals surface area contributed by atoms with E-state index in [2.05, 4.69) is 6.92 Å². The molecule has 220 valence electrons. The van der Waals surface area contributed by atoms with Gasteiger partial charge in [-0.15, -0.1) is 0 Å². The zero-order chi connectivity index (χ0) is 28.6. The SMILES string of the molecule is C[C@@H]1[C@H](OC(=O)CCc2ccccc2)C[C@H]2[C@@H](C)[C@H](OC(=O)CCc3ccccc3)O[C@@H]3O[C@@]4(C)CC[C@@H]1[C@]32OO4. The predicted molar refractivity (Wildman–Crippen MR) is 148 cm³/mol. The van der Waals surface area contributed by atoms with Gasteiger partial charge in [0.15, 0.2) is 11.9 Å². The van der Waals surface area contributed by atoms with Crippen molar-refractivity contribution >= 4 is 11.9 Å². The second-order valence-electron chi connectivity index (χ2n) is 12.3. The summed E-state index contributed by atoms with van der Waals surface area (Å²) in [6.45, 7) is 5.97. The lowest BCUT2D eigenvalue weighted by molar-refractivity contribution is -0.577. The molecule has 9 atom stereocenters. The number of ether oxygens (including phenoxy) is 4. The summed E-state index contributed by atoms with van der Waals surface area (Å²) in [5.41, 5.74) is 1.30. The molecular formula is C33H40O8. The molecule has 0 radical (unpaired) electrons. The number of hydrogen-bond acceptors (Lipinski definition) is 8. The van der Waals surface area contributed by atoms with Crippen molar-refractivity contribution in [2.75, 3.05) is 0 Å². The Bertz CT molecular complexity index is 1220. The van der Waals surface area contributed by atoms with Gasteiger partial charge in [-0.3, -0.25) is 9.59 Å². The number of carbonyl (C=O) groups is 2. The minimum atomic E-state index is -0.970. The third-order valence-corrected chi connectivity index (χ3v) is 9.64. The van der Waals surface area contributed by atoms with Gasteiger partial charge in [-0.2, -0.15) is 0 Å². The van der Waals surface area contributed by atoms with E-state index in [0.717, 1.165) is 17.5 Å². The summed E-state index contributed by atoms with van der Waals surface area (Å²) in [4.78, 5) is 38.1. The van der Waals surface area contributed by atoms with Gasteiger partial charge in [0.1, 0.15) is 6.10 Å². The van der Waals surface area contributed by atoms with Crippen LogP contribution in [-0.2, 0) is 51.2 Å². The zero-order valence-corrected chi connectivity index (χ0v) is 24.0. The zero-order valence-electron chi connectivity index (χ0n) is 24.0. The molecule has 1 aliphatic carbocycles. The maximum atomic E-state index is 13.0. The van der Waals surface area contributed by atoms with Crippen molar-refractivity contribution in [3.8, 4) is 0 Å². The number of hydrogen-bond donors (Lipinski definition) is 0. The van der Waals surface area contributed by atoms with Gasteiger partial charge in [0.05, 0.1) is 0 Å². The fourth-order valence-electron chi connectivity index (χ4n) is 7.30. The average Bonchev–Trinajstić information content (AvgIpc) is 3.21. The van der Waals surface area contributed by atoms with E-state index in [1.165, 1.54) is 0 Å². The van der Waals surface area contributed by atoms with Gasteiger partial charge in [0, 0.05) is 37.0 Å². The van der Waals surface area contributed by atoms with Gasteiger partial charge in [-0.25, -0.2) is 9.78 Å². The van der Waals surface area contributed by atoms with Crippen molar-refractivity contribution in [2.24, 2.45) is 23.7 Å². The van der Waals surface area contributed by atoms with E-state index >= 15 is 0 Å². The minimum Gasteiger partial charge on any atom is -0.462 e. The third-order valence-electron chi connectivity index (χ3n) is 9.64. The first-order chi connectivity index (χ1) is 19.8. The van der Waals surface area contributed by atoms with E-state index in [1.54, 1.807) is 0 Å². The van der Waals surface area contributed by atoms with Gasteiger partial charge in [-0.1, -0.05) is 74.5 Å². The van der Waals surface area contributed by atoms with Crippen LogP contribution < -0.4 is 0 Å². The fraction of sp³-hybridized carbons (Fsp3) is 0.576. The number of rotatable bonds is 8. The monoisotopic (exact) mass is 564 g/mol. The Balaban J connectivity index is 1.18. The highest BCUT2D eigenvalue weighted by atomic mass is 17.3. The molecule has 2 aromatic rings. The number of aryl methyl sites for hydroxylation is 2. The summed E-state index contributed by atoms with van der Waals surface area (Å²) in [6.07, 6.45) is 1.83. The molecule has 1 saturated carbocycles.